The molecule has 122 valence electrons. The van der Waals surface area contributed by atoms with Crippen LogP contribution in [0.2, 0.25) is 0 Å². The molecule has 0 saturated heterocycles. The van der Waals surface area contributed by atoms with Crippen molar-refractivity contribution in [3.05, 3.63) is 58.2 Å². The Hall–Kier alpha value is -1.84. The molecule has 1 rings (SSSR count). The topological polar surface area (TPSA) is 17.1 Å². The standard InChI is InChI=1S/C10H16O.C8H7F3/c1-8(2)5-6-10(7-11)9(3)4;1-6-3-2-4-7(5-6)8(9,10)11/h5,7H,6H2,1-4H3;2-5H,1H3. The maximum Gasteiger partial charge on any atom is 0.416 e. The predicted octanol–water partition coefficient (Wildman–Crippen LogP) is 5.89. The second-order valence-electron chi connectivity index (χ2n) is 5.50. The monoisotopic (exact) mass is 312 g/mol. The van der Waals surface area contributed by atoms with Gasteiger partial charge in [0, 0.05) is 0 Å². The number of aldehydes is 1. The SMILES string of the molecule is CC(C)=CCC(C=O)=C(C)C.Cc1cccc(C(F)(F)F)c1. The van der Waals surface area contributed by atoms with Crippen LogP contribution >= 0.6 is 0 Å². The van der Waals surface area contributed by atoms with Crippen LogP contribution in [0.15, 0.2) is 47.1 Å². The molecule has 1 nitrogen and oxygen atoms in total. The fraction of sp³-hybridized carbons (Fsp3) is 0.389. The number of carbonyl (C=O) groups is 1. The van der Waals surface area contributed by atoms with E-state index >= 15 is 0 Å². The number of carbonyl (C=O) groups excluding carboxylic acids is 1. The van der Waals surface area contributed by atoms with E-state index in [1.54, 1.807) is 13.0 Å². The highest BCUT2D eigenvalue weighted by atomic mass is 19.4. The third-order valence-corrected chi connectivity index (χ3v) is 2.86. The summed E-state index contributed by atoms with van der Waals surface area (Å²) in [4.78, 5) is 10.5. The quantitative estimate of drug-likeness (QED) is 0.386. The second-order valence-corrected chi connectivity index (χ2v) is 5.50. The van der Waals surface area contributed by atoms with Gasteiger partial charge in [0.2, 0.25) is 0 Å². The van der Waals surface area contributed by atoms with Crippen LogP contribution in [-0.2, 0) is 11.0 Å². The van der Waals surface area contributed by atoms with Crippen molar-refractivity contribution in [1.29, 1.82) is 0 Å². The van der Waals surface area contributed by atoms with Crippen LogP contribution in [0.4, 0.5) is 13.2 Å². The number of aryl methyl sites for hydroxylation is 1. The zero-order chi connectivity index (χ0) is 17.3. The normalized spacial score (nSPS) is 10.2. The second kappa shape index (κ2) is 9.23. The Balaban J connectivity index is 0.000000401. The zero-order valence-electron chi connectivity index (χ0n) is 13.7. The predicted molar refractivity (Wildman–Crippen MR) is 84.7 cm³/mol. The summed E-state index contributed by atoms with van der Waals surface area (Å²) < 4.78 is 35.9. The summed E-state index contributed by atoms with van der Waals surface area (Å²) in [6.45, 7) is 9.63. The van der Waals surface area contributed by atoms with Crippen molar-refractivity contribution in [2.45, 2.75) is 47.2 Å². The first-order valence-corrected chi connectivity index (χ1v) is 6.96. The third kappa shape index (κ3) is 8.45. The summed E-state index contributed by atoms with van der Waals surface area (Å²) in [5.74, 6) is 0. The van der Waals surface area contributed by atoms with Gasteiger partial charge in [-0.15, -0.1) is 0 Å². The molecule has 0 amide bonds. The molecule has 4 heteroatoms. The lowest BCUT2D eigenvalue weighted by atomic mass is 10.1. The van der Waals surface area contributed by atoms with E-state index in [-0.39, 0.29) is 0 Å². The molecule has 0 N–H and O–H groups in total. The van der Waals surface area contributed by atoms with Crippen LogP contribution in [-0.4, -0.2) is 6.29 Å². The zero-order valence-corrected chi connectivity index (χ0v) is 13.7. The molecule has 1 aromatic carbocycles. The average Bonchev–Trinajstić information content (AvgIpc) is 2.38. The van der Waals surface area contributed by atoms with Crippen molar-refractivity contribution in [3.63, 3.8) is 0 Å². The Labute approximate surface area is 130 Å². The summed E-state index contributed by atoms with van der Waals surface area (Å²) >= 11 is 0. The van der Waals surface area contributed by atoms with E-state index in [1.807, 2.05) is 27.7 Å². The van der Waals surface area contributed by atoms with E-state index in [9.17, 15) is 18.0 Å². The Morgan fingerprint density at radius 1 is 1.14 bits per heavy atom. The molecule has 0 radical (unpaired) electrons. The summed E-state index contributed by atoms with van der Waals surface area (Å²) in [5, 5.41) is 0. The highest BCUT2D eigenvalue weighted by Crippen LogP contribution is 2.29. The van der Waals surface area contributed by atoms with Gasteiger partial charge >= 0.3 is 6.18 Å². The van der Waals surface area contributed by atoms with Gasteiger partial charge < -0.3 is 0 Å². The van der Waals surface area contributed by atoms with E-state index in [0.29, 0.717) is 5.56 Å². The van der Waals surface area contributed by atoms with E-state index in [1.165, 1.54) is 11.6 Å². The van der Waals surface area contributed by atoms with Gasteiger partial charge in [-0.05, 0) is 52.7 Å². The Bertz CT molecular complexity index is 544. The molecule has 22 heavy (non-hydrogen) atoms. The molecule has 0 aliphatic heterocycles. The molecular weight excluding hydrogens is 289 g/mol. The van der Waals surface area contributed by atoms with Crippen molar-refractivity contribution in [1.82, 2.24) is 0 Å². The highest BCUT2D eigenvalue weighted by Gasteiger charge is 2.29. The minimum Gasteiger partial charge on any atom is -0.298 e. The molecule has 0 atom stereocenters. The molecule has 0 aliphatic rings. The van der Waals surface area contributed by atoms with Crippen molar-refractivity contribution in [3.8, 4) is 0 Å². The van der Waals surface area contributed by atoms with E-state index in [4.69, 9.17) is 0 Å². The van der Waals surface area contributed by atoms with Crippen LogP contribution in [0.25, 0.3) is 0 Å². The average molecular weight is 312 g/mol. The molecule has 1 aromatic rings. The van der Waals surface area contributed by atoms with Crippen molar-refractivity contribution in [2.24, 2.45) is 0 Å². The van der Waals surface area contributed by atoms with Crippen LogP contribution in [0.3, 0.4) is 0 Å². The number of rotatable bonds is 3. The van der Waals surface area contributed by atoms with E-state index < -0.39 is 11.7 Å². The minimum atomic E-state index is -4.22. The molecule has 0 aromatic heterocycles. The Kier molecular flexibility index (Phi) is 8.46. The van der Waals surface area contributed by atoms with Gasteiger partial charge in [-0.3, -0.25) is 4.79 Å². The van der Waals surface area contributed by atoms with Gasteiger partial charge in [0.25, 0.3) is 0 Å². The lowest BCUT2D eigenvalue weighted by Crippen LogP contribution is -2.04. The highest BCUT2D eigenvalue weighted by molar-refractivity contribution is 5.74. The first kappa shape index (κ1) is 20.2. The lowest BCUT2D eigenvalue weighted by molar-refractivity contribution is -0.137. The smallest absolute Gasteiger partial charge is 0.298 e. The van der Waals surface area contributed by atoms with Gasteiger partial charge in [0.05, 0.1) is 5.56 Å². The molecule has 0 bridgehead atoms. The summed E-state index contributed by atoms with van der Waals surface area (Å²) in [7, 11) is 0. The maximum absolute atomic E-state index is 12.0. The minimum absolute atomic E-state index is 0.586. The molecular formula is C18H23F3O. The number of benzene rings is 1. The molecule has 0 spiro atoms. The summed E-state index contributed by atoms with van der Waals surface area (Å²) in [5.41, 5.74) is 3.30. The van der Waals surface area contributed by atoms with Crippen molar-refractivity contribution in [2.75, 3.05) is 0 Å². The first-order chi connectivity index (χ1) is 10.1. The fourth-order valence-corrected chi connectivity index (χ4v) is 1.51. The molecule has 0 heterocycles. The molecule has 0 saturated carbocycles. The van der Waals surface area contributed by atoms with E-state index in [0.717, 1.165) is 36.0 Å². The largest absolute Gasteiger partial charge is 0.416 e. The Morgan fingerprint density at radius 3 is 2.05 bits per heavy atom. The Morgan fingerprint density at radius 2 is 1.73 bits per heavy atom. The van der Waals surface area contributed by atoms with Gasteiger partial charge in [0.15, 0.2) is 0 Å². The van der Waals surface area contributed by atoms with Crippen molar-refractivity contribution < 1.29 is 18.0 Å². The van der Waals surface area contributed by atoms with Gasteiger partial charge in [-0.25, -0.2) is 0 Å². The molecule has 0 unspecified atom stereocenters. The van der Waals surface area contributed by atoms with E-state index in [2.05, 4.69) is 6.08 Å². The lowest BCUT2D eigenvalue weighted by Gasteiger charge is -2.05. The fourth-order valence-electron chi connectivity index (χ4n) is 1.51. The van der Waals surface area contributed by atoms with Crippen LogP contribution in [0, 0.1) is 6.92 Å². The van der Waals surface area contributed by atoms with Gasteiger partial charge in [-0.1, -0.05) is 41.0 Å². The molecule has 0 fully saturated rings. The number of hydrogen-bond acceptors (Lipinski definition) is 1. The number of allylic oxidation sites excluding steroid dienone is 4. The van der Waals surface area contributed by atoms with Crippen molar-refractivity contribution >= 4 is 6.29 Å². The summed E-state index contributed by atoms with van der Waals surface area (Å²) in [6, 6.07) is 5.22. The third-order valence-electron chi connectivity index (χ3n) is 2.86. The number of hydrogen-bond donors (Lipinski definition) is 0. The van der Waals surface area contributed by atoms with Gasteiger partial charge in [0.1, 0.15) is 6.29 Å². The van der Waals surface area contributed by atoms with Crippen LogP contribution in [0.5, 0.6) is 0 Å². The summed E-state index contributed by atoms with van der Waals surface area (Å²) in [6.07, 6.45) is -0.439. The van der Waals surface area contributed by atoms with Gasteiger partial charge in [-0.2, -0.15) is 13.2 Å². The first-order valence-electron chi connectivity index (χ1n) is 6.96. The maximum atomic E-state index is 12.0. The number of halogens is 3. The molecule has 0 aliphatic carbocycles. The van der Waals surface area contributed by atoms with Crippen LogP contribution < -0.4 is 0 Å². The number of alkyl halides is 3. The van der Waals surface area contributed by atoms with Crippen LogP contribution in [0.1, 0.15) is 45.2 Å².